The zero-order valence-corrected chi connectivity index (χ0v) is 13.0. The van der Waals surface area contributed by atoms with Crippen LogP contribution >= 0.6 is 0 Å². The second kappa shape index (κ2) is 7.19. The average Bonchev–Trinajstić information content (AvgIpc) is 3.06. The van der Waals surface area contributed by atoms with E-state index in [9.17, 15) is 0 Å². The smallest absolute Gasteiger partial charge is 0.153 e. The minimum atomic E-state index is 0.00839. The molecule has 2 aliphatic rings. The molecule has 0 unspecified atom stereocenters. The highest BCUT2D eigenvalue weighted by molar-refractivity contribution is 5.90. The Morgan fingerprint density at radius 3 is 2.78 bits per heavy atom. The van der Waals surface area contributed by atoms with Crippen molar-refractivity contribution in [3.05, 3.63) is 53.9 Å². The van der Waals surface area contributed by atoms with Gasteiger partial charge in [0.05, 0.1) is 6.10 Å². The van der Waals surface area contributed by atoms with Gasteiger partial charge in [0, 0.05) is 35.9 Å². The Balaban J connectivity index is 1.65. The lowest BCUT2D eigenvalue weighted by Crippen LogP contribution is -2.13. The molecule has 0 bridgehead atoms. The van der Waals surface area contributed by atoms with Crippen LogP contribution in [0.4, 0.5) is 0 Å². The van der Waals surface area contributed by atoms with Crippen LogP contribution in [0.2, 0.25) is 0 Å². The van der Waals surface area contributed by atoms with Crippen molar-refractivity contribution in [2.75, 3.05) is 0 Å². The number of dihydropyridines is 1. The summed E-state index contributed by atoms with van der Waals surface area (Å²) in [7, 11) is 0. The Kier molecular flexibility index (Phi) is 4.83. The second-order valence-corrected chi connectivity index (χ2v) is 5.74. The van der Waals surface area contributed by atoms with E-state index in [0.717, 1.165) is 29.7 Å². The van der Waals surface area contributed by atoms with Crippen LogP contribution in [-0.4, -0.2) is 21.9 Å². The minimum absolute atomic E-state index is 0.00839. The molecule has 1 aromatic heterocycles. The molecule has 0 saturated heterocycles. The molecule has 1 aliphatic carbocycles. The van der Waals surface area contributed by atoms with Crippen molar-refractivity contribution in [3.63, 3.8) is 0 Å². The first-order valence-electron chi connectivity index (χ1n) is 7.84. The number of ether oxygens (including phenoxy) is 1. The van der Waals surface area contributed by atoms with E-state index >= 15 is 0 Å². The van der Waals surface area contributed by atoms with Crippen molar-refractivity contribution >= 4 is 11.4 Å². The maximum atomic E-state index is 7.32. The van der Waals surface area contributed by atoms with Gasteiger partial charge in [0.15, 0.2) is 5.82 Å². The van der Waals surface area contributed by atoms with E-state index in [0.29, 0.717) is 18.5 Å². The summed E-state index contributed by atoms with van der Waals surface area (Å²) in [6, 6.07) is 0. The fourth-order valence-corrected chi connectivity index (χ4v) is 2.74. The van der Waals surface area contributed by atoms with Gasteiger partial charge in [0.1, 0.15) is 12.4 Å². The highest BCUT2D eigenvalue weighted by Gasteiger charge is 2.15. The zero-order chi connectivity index (χ0) is 16.1. The number of hydrogen-bond acceptors (Lipinski definition) is 5. The lowest BCUT2D eigenvalue weighted by atomic mass is 10.1. The second-order valence-electron chi connectivity index (χ2n) is 5.74. The summed E-state index contributed by atoms with van der Waals surface area (Å²) >= 11 is 0. The van der Waals surface area contributed by atoms with E-state index < -0.39 is 0 Å². The van der Waals surface area contributed by atoms with Gasteiger partial charge in [-0.15, -0.1) is 0 Å². The molecule has 0 atom stereocenters. The van der Waals surface area contributed by atoms with Gasteiger partial charge in [-0.05, 0) is 30.6 Å². The lowest BCUT2D eigenvalue weighted by molar-refractivity contribution is 0.0417. The molecule has 120 valence electrons. The van der Waals surface area contributed by atoms with Crippen LogP contribution in [0.3, 0.4) is 0 Å². The average molecular weight is 311 g/mol. The first-order valence-corrected chi connectivity index (χ1v) is 7.84. The Labute approximate surface area is 135 Å². The molecule has 2 heterocycles. The monoisotopic (exact) mass is 311 g/mol. The quantitative estimate of drug-likeness (QED) is 0.572. The van der Waals surface area contributed by atoms with Gasteiger partial charge < -0.3 is 15.8 Å². The maximum absolute atomic E-state index is 7.32. The number of allylic oxidation sites excluding steroid dienone is 3. The summed E-state index contributed by atoms with van der Waals surface area (Å²) in [6.45, 7) is 0.469. The van der Waals surface area contributed by atoms with Gasteiger partial charge in [-0.25, -0.2) is 9.97 Å². The first kappa shape index (κ1) is 15.4. The summed E-state index contributed by atoms with van der Waals surface area (Å²) in [6.07, 6.45) is 16.0. The summed E-state index contributed by atoms with van der Waals surface area (Å²) in [5, 5.41) is 10.4. The SMILES string of the molecule is N=C(N)/C=C1/C=C(c2cnc(COC3CCCC3)nc2)C=CN1. The van der Waals surface area contributed by atoms with E-state index in [-0.39, 0.29) is 5.84 Å². The predicted octanol–water partition coefficient (Wildman–Crippen LogP) is 2.26. The van der Waals surface area contributed by atoms with E-state index in [1.54, 1.807) is 24.7 Å². The number of nitrogens with one attached hydrogen (secondary N) is 2. The number of nitrogens with two attached hydrogens (primary N) is 1. The van der Waals surface area contributed by atoms with E-state index in [2.05, 4.69) is 15.3 Å². The highest BCUT2D eigenvalue weighted by atomic mass is 16.5. The van der Waals surface area contributed by atoms with Gasteiger partial charge in [0.2, 0.25) is 0 Å². The van der Waals surface area contributed by atoms with Crippen LogP contribution in [0.5, 0.6) is 0 Å². The molecule has 6 nitrogen and oxygen atoms in total. The summed E-state index contributed by atoms with van der Waals surface area (Å²) in [4.78, 5) is 8.77. The first-order chi connectivity index (χ1) is 11.2. The molecule has 0 spiro atoms. The summed E-state index contributed by atoms with van der Waals surface area (Å²) < 4.78 is 5.82. The van der Waals surface area contributed by atoms with Crippen LogP contribution in [0.25, 0.3) is 5.57 Å². The van der Waals surface area contributed by atoms with Crippen LogP contribution in [-0.2, 0) is 11.3 Å². The molecule has 3 rings (SSSR count). The minimum Gasteiger partial charge on any atom is -0.384 e. The molecule has 4 N–H and O–H groups in total. The normalized spacial score (nSPS) is 19.7. The van der Waals surface area contributed by atoms with Crippen molar-refractivity contribution < 1.29 is 4.74 Å². The molecule has 0 aromatic carbocycles. The zero-order valence-electron chi connectivity index (χ0n) is 13.0. The predicted molar refractivity (Wildman–Crippen MR) is 89.3 cm³/mol. The molecule has 0 radical (unpaired) electrons. The van der Waals surface area contributed by atoms with Gasteiger partial charge >= 0.3 is 0 Å². The number of nitrogens with zero attached hydrogens (tertiary/aromatic N) is 2. The fraction of sp³-hybridized carbons (Fsp3) is 0.353. The molecule has 0 amide bonds. The Bertz CT molecular complexity index is 654. The van der Waals surface area contributed by atoms with Crippen LogP contribution in [0.15, 0.2) is 42.5 Å². The Morgan fingerprint density at radius 1 is 1.35 bits per heavy atom. The topological polar surface area (TPSA) is 96.9 Å². The number of rotatable bonds is 5. The molecule has 1 aromatic rings. The van der Waals surface area contributed by atoms with Crippen LogP contribution < -0.4 is 11.1 Å². The van der Waals surface area contributed by atoms with Crippen LogP contribution in [0, 0.1) is 5.41 Å². The Morgan fingerprint density at radius 2 is 2.09 bits per heavy atom. The molecule has 1 saturated carbocycles. The largest absolute Gasteiger partial charge is 0.384 e. The number of amidine groups is 1. The third kappa shape index (κ3) is 4.26. The molecule has 1 aliphatic heterocycles. The van der Waals surface area contributed by atoms with E-state index in [4.69, 9.17) is 15.9 Å². The van der Waals surface area contributed by atoms with Gasteiger partial charge in [-0.2, -0.15) is 0 Å². The van der Waals surface area contributed by atoms with Crippen molar-refractivity contribution in [2.24, 2.45) is 5.73 Å². The van der Waals surface area contributed by atoms with Gasteiger partial charge in [-0.3, -0.25) is 5.41 Å². The fourth-order valence-electron chi connectivity index (χ4n) is 2.74. The molecule has 6 heteroatoms. The van der Waals surface area contributed by atoms with Gasteiger partial charge in [-0.1, -0.05) is 12.8 Å². The van der Waals surface area contributed by atoms with Crippen molar-refractivity contribution in [1.82, 2.24) is 15.3 Å². The van der Waals surface area contributed by atoms with Crippen LogP contribution in [0.1, 0.15) is 37.1 Å². The maximum Gasteiger partial charge on any atom is 0.153 e. The van der Waals surface area contributed by atoms with E-state index in [1.807, 2.05) is 12.2 Å². The summed E-state index contributed by atoms with van der Waals surface area (Å²) in [5.41, 5.74) is 8.04. The van der Waals surface area contributed by atoms with Crippen molar-refractivity contribution in [1.29, 1.82) is 5.41 Å². The number of hydrogen-bond donors (Lipinski definition) is 3. The molecular formula is C17H21N5O. The molecule has 1 fully saturated rings. The standard InChI is InChI=1S/C17H21N5O/c18-16(19)8-14-7-12(5-6-20-14)13-9-21-17(22-10-13)11-23-15-3-1-2-4-15/h5-10,15,20H,1-4,11H2,(H3,18,19)/b14-8-. The Hall–Kier alpha value is -2.47. The number of aromatic nitrogens is 2. The molecular weight excluding hydrogens is 290 g/mol. The molecule has 23 heavy (non-hydrogen) atoms. The third-order valence-electron chi connectivity index (χ3n) is 3.92. The third-order valence-corrected chi connectivity index (χ3v) is 3.92. The highest BCUT2D eigenvalue weighted by Crippen LogP contribution is 2.22. The van der Waals surface area contributed by atoms with E-state index in [1.165, 1.54) is 12.8 Å². The lowest BCUT2D eigenvalue weighted by Gasteiger charge is -2.12. The summed E-state index contributed by atoms with van der Waals surface area (Å²) in [5.74, 6) is 0.715. The van der Waals surface area contributed by atoms with Crippen molar-refractivity contribution in [3.8, 4) is 0 Å². The van der Waals surface area contributed by atoms with Gasteiger partial charge in [0.25, 0.3) is 0 Å². The van der Waals surface area contributed by atoms with Crippen molar-refractivity contribution in [2.45, 2.75) is 38.4 Å².